The zero-order chi connectivity index (χ0) is 18.8. The number of benzene rings is 1. The SMILES string of the molecule is NCc1ccccc1CN1C(=O)N2CCSCC2N=C1N1CCCC(N)C1. The van der Waals surface area contributed by atoms with Gasteiger partial charge in [-0.1, -0.05) is 24.3 Å². The average molecular weight is 389 g/mol. The molecular weight excluding hydrogens is 360 g/mol. The Hall–Kier alpha value is -1.77. The number of hydrogen-bond donors (Lipinski definition) is 2. The van der Waals surface area contributed by atoms with E-state index in [0.29, 0.717) is 13.1 Å². The van der Waals surface area contributed by atoms with Crippen molar-refractivity contribution in [3.8, 4) is 0 Å². The molecule has 7 nitrogen and oxygen atoms in total. The summed E-state index contributed by atoms with van der Waals surface area (Å²) in [5.74, 6) is 2.61. The molecule has 2 fully saturated rings. The Morgan fingerprint density at radius 1 is 1.22 bits per heavy atom. The lowest BCUT2D eigenvalue weighted by Crippen LogP contribution is -2.62. The second-order valence-electron chi connectivity index (χ2n) is 7.37. The van der Waals surface area contributed by atoms with Crippen molar-refractivity contribution in [3.05, 3.63) is 35.4 Å². The van der Waals surface area contributed by atoms with E-state index in [4.69, 9.17) is 16.5 Å². The lowest BCUT2D eigenvalue weighted by molar-refractivity contribution is 0.138. The van der Waals surface area contributed by atoms with E-state index in [1.165, 1.54) is 0 Å². The van der Waals surface area contributed by atoms with Gasteiger partial charge >= 0.3 is 6.03 Å². The van der Waals surface area contributed by atoms with Crippen LogP contribution in [0.4, 0.5) is 4.79 Å². The van der Waals surface area contributed by atoms with E-state index in [1.807, 2.05) is 45.8 Å². The van der Waals surface area contributed by atoms with E-state index in [-0.39, 0.29) is 18.2 Å². The van der Waals surface area contributed by atoms with Crippen molar-refractivity contribution >= 4 is 23.8 Å². The summed E-state index contributed by atoms with van der Waals surface area (Å²) < 4.78 is 0. The molecule has 0 spiro atoms. The van der Waals surface area contributed by atoms with E-state index in [1.54, 1.807) is 0 Å². The number of likely N-dealkylation sites (tertiary alicyclic amines) is 1. The number of urea groups is 1. The van der Waals surface area contributed by atoms with Gasteiger partial charge < -0.3 is 21.3 Å². The van der Waals surface area contributed by atoms with Crippen LogP contribution in [0.3, 0.4) is 0 Å². The first-order chi connectivity index (χ1) is 13.2. The van der Waals surface area contributed by atoms with Gasteiger partial charge in [0.1, 0.15) is 6.17 Å². The maximum Gasteiger partial charge on any atom is 0.328 e. The Morgan fingerprint density at radius 2 is 2.04 bits per heavy atom. The van der Waals surface area contributed by atoms with Crippen LogP contribution in [0.2, 0.25) is 0 Å². The molecule has 3 aliphatic heterocycles. The van der Waals surface area contributed by atoms with Gasteiger partial charge in [-0.25, -0.2) is 9.79 Å². The smallest absolute Gasteiger partial charge is 0.328 e. The number of fused-ring (bicyclic) bond motifs is 1. The summed E-state index contributed by atoms with van der Waals surface area (Å²) in [7, 11) is 0. The lowest BCUT2D eigenvalue weighted by Gasteiger charge is -2.45. The van der Waals surface area contributed by atoms with Crippen LogP contribution in [0.5, 0.6) is 0 Å². The van der Waals surface area contributed by atoms with E-state index in [9.17, 15) is 4.79 Å². The number of guanidine groups is 1. The Labute approximate surface area is 164 Å². The van der Waals surface area contributed by atoms with E-state index in [0.717, 1.165) is 61.1 Å². The van der Waals surface area contributed by atoms with Crippen LogP contribution in [0.1, 0.15) is 24.0 Å². The van der Waals surface area contributed by atoms with Crippen LogP contribution in [-0.2, 0) is 13.1 Å². The molecule has 0 bridgehead atoms. The molecule has 4 rings (SSSR count). The highest BCUT2D eigenvalue weighted by molar-refractivity contribution is 7.99. The lowest BCUT2D eigenvalue weighted by atomic mass is 10.1. The van der Waals surface area contributed by atoms with Gasteiger partial charge in [-0.3, -0.25) is 4.90 Å². The average Bonchev–Trinajstić information content (AvgIpc) is 2.70. The minimum atomic E-state index is -0.0644. The molecule has 3 aliphatic rings. The summed E-state index contributed by atoms with van der Waals surface area (Å²) in [5.41, 5.74) is 14.3. The van der Waals surface area contributed by atoms with Crippen molar-refractivity contribution in [2.45, 2.75) is 38.1 Å². The zero-order valence-electron chi connectivity index (χ0n) is 15.6. The number of amides is 2. The highest BCUT2D eigenvalue weighted by atomic mass is 32.2. The van der Waals surface area contributed by atoms with Crippen LogP contribution in [0, 0.1) is 0 Å². The normalized spacial score (nSPS) is 26.1. The zero-order valence-corrected chi connectivity index (χ0v) is 16.4. The predicted molar refractivity (Wildman–Crippen MR) is 109 cm³/mol. The van der Waals surface area contributed by atoms with Gasteiger partial charge in [-0.05, 0) is 24.0 Å². The van der Waals surface area contributed by atoms with Crippen LogP contribution in [0.25, 0.3) is 0 Å². The molecule has 1 aromatic carbocycles. The fourth-order valence-electron chi connectivity index (χ4n) is 4.03. The third kappa shape index (κ3) is 3.79. The maximum absolute atomic E-state index is 13.4. The van der Waals surface area contributed by atoms with Crippen molar-refractivity contribution in [2.24, 2.45) is 16.5 Å². The number of carbonyl (C=O) groups excluding carboxylic acids is 1. The molecule has 0 aliphatic carbocycles. The Balaban J connectivity index is 1.67. The molecular formula is C19H28N6OS. The van der Waals surface area contributed by atoms with Gasteiger partial charge in [0.15, 0.2) is 0 Å². The highest BCUT2D eigenvalue weighted by Crippen LogP contribution is 2.27. The molecule has 1 aromatic rings. The third-order valence-corrected chi connectivity index (χ3v) is 6.50. The predicted octanol–water partition coefficient (Wildman–Crippen LogP) is 1.23. The number of aliphatic imine (C=N–C) groups is 1. The number of thioether (sulfide) groups is 1. The van der Waals surface area contributed by atoms with Gasteiger partial charge in [0.05, 0.1) is 6.54 Å². The topological polar surface area (TPSA) is 91.2 Å². The summed E-state index contributed by atoms with van der Waals surface area (Å²) >= 11 is 1.86. The fraction of sp³-hybridized carbons (Fsp3) is 0.579. The minimum Gasteiger partial charge on any atom is -0.341 e. The second kappa shape index (κ2) is 8.08. The van der Waals surface area contributed by atoms with Gasteiger partial charge in [-0.2, -0.15) is 11.8 Å². The maximum atomic E-state index is 13.4. The van der Waals surface area contributed by atoms with Crippen LogP contribution < -0.4 is 11.5 Å². The molecule has 2 unspecified atom stereocenters. The summed E-state index contributed by atoms with van der Waals surface area (Å²) in [4.78, 5) is 24.3. The first kappa shape index (κ1) is 18.6. The molecule has 2 atom stereocenters. The number of hydrogen-bond acceptors (Lipinski definition) is 6. The number of nitrogens with two attached hydrogens (primary N) is 2. The van der Waals surface area contributed by atoms with Crippen molar-refractivity contribution in [1.29, 1.82) is 0 Å². The molecule has 3 heterocycles. The van der Waals surface area contributed by atoms with Crippen molar-refractivity contribution in [1.82, 2.24) is 14.7 Å². The van der Waals surface area contributed by atoms with Gasteiger partial charge in [0.2, 0.25) is 5.96 Å². The number of nitrogens with zero attached hydrogens (tertiary/aromatic N) is 4. The first-order valence-electron chi connectivity index (χ1n) is 9.68. The third-order valence-electron chi connectivity index (χ3n) is 5.49. The molecule has 0 aromatic heterocycles. The Bertz CT molecular complexity index is 726. The Morgan fingerprint density at radius 3 is 2.81 bits per heavy atom. The van der Waals surface area contributed by atoms with Crippen molar-refractivity contribution in [2.75, 3.05) is 31.1 Å². The van der Waals surface area contributed by atoms with Crippen LogP contribution in [0.15, 0.2) is 29.3 Å². The van der Waals surface area contributed by atoms with E-state index < -0.39 is 0 Å². The molecule has 2 saturated heterocycles. The minimum absolute atomic E-state index is 0.0521. The van der Waals surface area contributed by atoms with E-state index >= 15 is 0 Å². The standard InChI is InChI=1S/C19H28N6OS/c20-10-14-4-1-2-5-15(14)11-25-18(23-7-3-6-16(21)12-23)22-17-13-27-9-8-24(17)19(25)26/h1-2,4-5,16-17H,3,6-13,20-21H2. The number of rotatable bonds is 3. The molecule has 27 heavy (non-hydrogen) atoms. The van der Waals surface area contributed by atoms with Gasteiger partial charge in [0, 0.05) is 43.7 Å². The van der Waals surface area contributed by atoms with Crippen LogP contribution in [-0.4, -0.2) is 70.0 Å². The van der Waals surface area contributed by atoms with Gasteiger partial charge in [0.25, 0.3) is 0 Å². The molecule has 0 saturated carbocycles. The molecule has 8 heteroatoms. The highest BCUT2D eigenvalue weighted by Gasteiger charge is 2.39. The fourth-order valence-corrected chi connectivity index (χ4v) is 4.99. The monoisotopic (exact) mass is 388 g/mol. The molecule has 0 radical (unpaired) electrons. The summed E-state index contributed by atoms with van der Waals surface area (Å²) in [6, 6.07) is 8.24. The summed E-state index contributed by atoms with van der Waals surface area (Å²) in [5, 5.41) is 0. The van der Waals surface area contributed by atoms with E-state index in [2.05, 4.69) is 4.90 Å². The largest absolute Gasteiger partial charge is 0.341 e. The van der Waals surface area contributed by atoms with Crippen molar-refractivity contribution < 1.29 is 4.79 Å². The second-order valence-corrected chi connectivity index (χ2v) is 8.52. The van der Waals surface area contributed by atoms with Crippen molar-refractivity contribution in [3.63, 3.8) is 0 Å². The first-order valence-corrected chi connectivity index (χ1v) is 10.8. The van der Waals surface area contributed by atoms with Crippen LogP contribution >= 0.6 is 11.8 Å². The molecule has 4 N–H and O–H groups in total. The van der Waals surface area contributed by atoms with Gasteiger partial charge in [-0.15, -0.1) is 0 Å². The number of carbonyl (C=O) groups is 1. The number of piperidine rings is 1. The summed E-state index contributed by atoms with van der Waals surface area (Å²) in [6.45, 7) is 3.35. The molecule has 2 amide bonds. The molecule has 146 valence electrons. The summed E-state index contributed by atoms with van der Waals surface area (Å²) in [6.07, 6.45) is 1.99. The Kier molecular flexibility index (Phi) is 5.56. The quantitative estimate of drug-likeness (QED) is 0.813.